The van der Waals surface area contributed by atoms with Crippen molar-refractivity contribution in [3.05, 3.63) is 23.3 Å². The highest BCUT2D eigenvalue weighted by Crippen LogP contribution is 2.30. The van der Waals surface area contributed by atoms with Gasteiger partial charge in [0, 0.05) is 18.3 Å². The highest BCUT2D eigenvalue weighted by atomic mass is 35.7. The molecule has 2 atom stereocenters. The fraction of sp³-hybridized carbons (Fsp3) is 0.647. The van der Waals surface area contributed by atoms with Crippen LogP contribution in [0.5, 0.6) is 5.75 Å². The quantitative estimate of drug-likeness (QED) is 0.637. The van der Waals surface area contributed by atoms with Crippen molar-refractivity contribution in [2.45, 2.75) is 56.9 Å². The topological polar surface area (TPSA) is 29.5 Å². The number of methoxy groups -OCH3 is 1. The minimum Gasteiger partial charge on any atom is -0.497 e. The largest absolute Gasteiger partial charge is 0.497 e. The van der Waals surface area contributed by atoms with Crippen LogP contribution in [0.25, 0.3) is 0 Å². The van der Waals surface area contributed by atoms with Crippen LogP contribution in [-0.4, -0.2) is 34.0 Å². The normalized spacial score (nSPS) is 20.4. The van der Waals surface area contributed by atoms with Gasteiger partial charge in [0.1, 0.15) is 16.7 Å². The zero-order chi connectivity index (χ0) is 16.8. The van der Waals surface area contributed by atoms with E-state index in [1.165, 1.54) is 17.4 Å². The molecule has 0 spiro atoms. The predicted octanol–water partition coefficient (Wildman–Crippen LogP) is 4.86. The number of piperidine rings is 1. The molecule has 0 saturated carbocycles. The second kappa shape index (κ2) is 9.30. The lowest BCUT2D eigenvalue weighted by molar-refractivity contribution is 0.250. The average molecular weight is 376 g/mol. The van der Waals surface area contributed by atoms with E-state index in [2.05, 4.69) is 4.31 Å². The van der Waals surface area contributed by atoms with Crippen LogP contribution in [0.2, 0.25) is 0 Å². The molecule has 0 N–H and O–H groups in total. The van der Waals surface area contributed by atoms with E-state index in [0.717, 1.165) is 59.8 Å². The molecule has 3 nitrogen and oxygen atoms in total. The van der Waals surface area contributed by atoms with Gasteiger partial charge in [-0.2, -0.15) is 0 Å². The third-order valence-corrected chi connectivity index (χ3v) is 7.19. The first-order valence-corrected chi connectivity index (χ1v) is 11.1. The number of hydrogen-bond donors (Lipinski definition) is 0. The summed E-state index contributed by atoms with van der Waals surface area (Å²) in [5.41, 5.74) is 2.08. The Morgan fingerprint density at radius 1 is 1.35 bits per heavy atom. The first-order valence-electron chi connectivity index (χ1n) is 8.15. The van der Waals surface area contributed by atoms with Crippen molar-refractivity contribution >= 4 is 32.6 Å². The van der Waals surface area contributed by atoms with Gasteiger partial charge in [0.25, 0.3) is 0 Å². The number of halogens is 1. The monoisotopic (exact) mass is 375 g/mol. The van der Waals surface area contributed by atoms with Crippen LogP contribution < -0.4 is 4.74 Å². The highest BCUT2D eigenvalue weighted by molar-refractivity contribution is 8.21. The van der Waals surface area contributed by atoms with Crippen LogP contribution in [0.15, 0.2) is 17.0 Å². The van der Waals surface area contributed by atoms with E-state index in [1.54, 1.807) is 7.11 Å². The summed E-state index contributed by atoms with van der Waals surface area (Å²) in [6, 6.07) is 4.35. The summed E-state index contributed by atoms with van der Waals surface area (Å²) in [5.74, 6) is 1.79. The Morgan fingerprint density at radius 2 is 2.04 bits per heavy atom. The molecule has 23 heavy (non-hydrogen) atoms. The lowest BCUT2D eigenvalue weighted by Crippen LogP contribution is -2.41. The highest BCUT2D eigenvalue weighted by Gasteiger charge is 2.29. The van der Waals surface area contributed by atoms with Crippen LogP contribution in [0.4, 0.5) is 0 Å². The van der Waals surface area contributed by atoms with Crippen molar-refractivity contribution in [3.8, 4) is 5.75 Å². The third-order valence-electron chi connectivity index (χ3n) is 4.39. The van der Waals surface area contributed by atoms with Crippen LogP contribution in [-0.2, 0) is 11.0 Å². The summed E-state index contributed by atoms with van der Waals surface area (Å²) >= 11 is 0. The van der Waals surface area contributed by atoms with Crippen molar-refractivity contribution in [1.82, 2.24) is 4.31 Å². The Bertz CT molecular complexity index is 530. The fourth-order valence-electron chi connectivity index (χ4n) is 3.28. The second-order valence-electron chi connectivity index (χ2n) is 6.09. The summed E-state index contributed by atoms with van der Waals surface area (Å²) in [7, 11) is 7.65. The lowest BCUT2D eigenvalue weighted by atomic mass is 10.0. The van der Waals surface area contributed by atoms with Gasteiger partial charge in [0.2, 0.25) is 0 Å². The molecule has 2 unspecified atom stereocenters. The maximum absolute atomic E-state index is 13.2. The number of nitrogens with zero attached hydrogens (tertiary/aromatic N) is 1. The predicted molar refractivity (Wildman–Crippen MR) is 101 cm³/mol. The van der Waals surface area contributed by atoms with Crippen molar-refractivity contribution in [3.63, 3.8) is 0 Å². The third kappa shape index (κ3) is 4.88. The Hall–Kier alpha value is -0.230. The average Bonchev–Trinajstić information content (AvgIpc) is 2.54. The molecule has 1 fully saturated rings. The maximum atomic E-state index is 13.2. The van der Waals surface area contributed by atoms with Crippen molar-refractivity contribution in [2.75, 3.05) is 19.4 Å². The van der Waals surface area contributed by atoms with E-state index in [1.807, 2.05) is 26.0 Å². The molecule has 1 heterocycles. The summed E-state index contributed by atoms with van der Waals surface area (Å²) in [5, 5.41) is 0. The van der Waals surface area contributed by atoms with Crippen LogP contribution in [0, 0.1) is 13.8 Å². The summed E-state index contributed by atoms with van der Waals surface area (Å²) in [6.45, 7) is 4.95. The second-order valence-corrected chi connectivity index (χ2v) is 8.74. The van der Waals surface area contributed by atoms with Crippen LogP contribution in [0.3, 0.4) is 0 Å². The van der Waals surface area contributed by atoms with Crippen LogP contribution in [0.1, 0.15) is 43.2 Å². The molecule has 6 heteroatoms. The number of hydrogen-bond acceptors (Lipinski definition) is 3. The maximum Gasteiger partial charge on any atom is 0.128 e. The smallest absolute Gasteiger partial charge is 0.128 e. The molecule has 1 aromatic carbocycles. The Balaban J connectivity index is 2.20. The van der Waals surface area contributed by atoms with E-state index < -0.39 is 11.0 Å². The molecule has 1 aromatic rings. The van der Waals surface area contributed by atoms with Gasteiger partial charge in [-0.3, -0.25) is 0 Å². The molecular weight excluding hydrogens is 350 g/mol. The Labute approximate surface area is 151 Å². The number of ether oxygens (including phenoxy) is 1. The van der Waals surface area contributed by atoms with Gasteiger partial charge >= 0.3 is 0 Å². The van der Waals surface area contributed by atoms with E-state index in [9.17, 15) is 4.21 Å². The van der Waals surface area contributed by atoms with Gasteiger partial charge in [-0.15, -0.1) is 0 Å². The van der Waals surface area contributed by atoms with Crippen molar-refractivity contribution in [1.29, 1.82) is 0 Å². The molecule has 1 saturated heterocycles. The summed E-state index contributed by atoms with van der Waals surface area (Å²) in [6.07, 6.45) is 5.63. The van der Waals surface area contributed by atoms with Gasteiger partial charge in [-0.05, 0) is 73.5 Å². The first-order chi connectivity index (χ1) is 11.1. The first kappa shape index (κ1) is 19.1. The minimum absolute atomic E-state index is 0.398. The Morgan fingerprint density at radius 3 is 2.65 bits per heavy atom. The Kier molecular flexibility index (Phi) is 7.73. The van der Waals surface area contributed by atoms with Gasteiger partial charge in [0.15, 0.2) is 0 Å². The minimum atomic E-state index is -1.10. The fourth-order valence-corrected chi connectivity index (χ4v) is 5.56. The van der Waals surface area contributed by atoms with Crippen LogP contribution >= 0.6 is 21.7 Å². The zero-order valence-electron chi connectivity index (χ0n) is 14.1. The van der Waals surface area contributed by atoms with Crippen molar-refractivity contribution < 1.29 is 8.95 Å². The SMILES string of the molecule is COc1cc(C)c(S(=O)N2CCCCC2CCCSCl)c(C)c1. The molecule has 2 rings (SSSR count). The van der Waals surface area contributed by atoms with Gasteiger partial charge < -0.3 is 4.74 Å². The lowest BCUT2D eigenvalue weighted by Gasteiger charge is -2.35. The zero-order valence-corrected chi connectivity index (χ0v) is 16.5. The number of benzene rings is 1. The van der Waals surface area contributed by atoms with E-state index in [0.29, 0.717) is 6.04 Å². The molecule has 0 amide bonds. The van der Waals surface area contributed by atoms with Gasteiger partial charge in [-0.1, -0.05) is 17.4 Å². The molecular formula is C17H26ClNO2S2. The standard InChI is InChI=1S/C17H26ClNO2S2/c1-13-11-16(21-3)12-14(2)17(13)23(20)19-9-5-4-7-15(19)8-6-10-22-18/h11-12,15H,4-10H2,1-3H3. The molecule has 1 aliphatic heterocycles. The number of aryl methyl sites for hydroxylation is 2. The van der Waals surface area contributed by atoms with E-state index in [-0.39, 0.29) is 0 Å². The van der Waals surface area contributed by atoms with Gasteiger partial charge in [0.05, 0.1) is 12.0 Å². The molecule has 130 valence electrons. The van der Waals surface area contributed by atoms with E-state index >= 15 is 0 Å². The molecule has 0 bridgehead atoms. The molecule has 0 aliphatic carbocycles. The summed E-state index contributed by atoms with van der Waals surface area (Å²) < 4.78 is 20.8. The molecule has 0 aromatic heterocycles. The number of rotatable bonds is 7. The van der Waals surface area contributed by atoms with E-state index in [4.69, 9.17) is 15.4 Å². The van der Waals surface area contributed by atoms with Crippen molar-refractivity contribution in [2.24, 2.45) is 0 Å². The molecule has 1 aliphatic rings. The molecule has 0 radical (unpaired) electrons. The van der Waals surface area contributed by atoms with Gasteiger partial charge in [-0.25, -0.2) is 8.51 Å². The summed E-state index contributed by atoms with van der Waals surface area (Å²) in [4.78, 5) is 0.949.